The molecule has 12 heavy (non-hydrogen) atoms. The highest BCUT2D eigenvalue weighted by molar-refractivity contribution is 5.76. The van der Waals surface area contributed by atoms with Crippen molar-refractivity contribution in [1.82, 2.24) is 5.32 Å². The van der Waals surface area contributed by atoms with Crippen LogP contribution in [0.4, 0.5) is 0 Å². The Hall–Kier alpha value is -0.610. The molecular formula is C8H16N2O2. The number of primary amides is 1. The molecule has 0 bridgehead atoms. The van der Waals surface area contributed by atoms with E-state index < -0.39 is 5.91 Å². The predicted molar refractivity (Wildman–Crippen MR) is 45.4 cm³/mol. The van der Waals surface area contributed by atoms with E-state index in [0.717, 1.165) is 19.4 Å². The van der Waals surface area contributed by atoms with Gasteiger partial charge in [0.1, 0.15) is 0 Å². The third kappa shape index (κ3) is 2.46. The highest BCUT2D eigenvalue weighted by Crippen LogP contribution is 2.14. The number of hydrogen-bond donors (Lipinski definition) is 3. The molecule has 1 rings (SSSR count). The molecule has 4 nitrogen and oxygen atoms in total. The van der Waals surface area contributed by atoms with Gasteiger partial charge < -0.3 is 16.2 Å². The van der Waals surface area contributed by atoms with Crippen LogP contribution in [0.5, 0.6) is 0 Å². The minimum absolute atomic E-state index is 0.131. The van der Waals surface area contributed by atoms with Crippen LogP contribution in [0, 0.1) is 5.92 Å². The fourth-order valence-corrected chi connectivity index (χ4v) is 1.58. The molecule has 1 heterocycles. The molecule has 0 aromatic heterocycles. The Morgan fingerprint density at radius 3 is 2.92 bits per heavy atom. The van der Waals surface area contributed by atoms with Gasteiger partial charge in [-0.3, -0.25) is 4.79 Å². The van der Waals surface area contributed by atoms with Crippen LogP contribution in [0.3, 0.4) is 0 Å². The molecule has 70 valence electrons. The van der Waals surface area contributed by atoms with Crippen molar-refractivity contribution in [2.45, 2.75) is 25.3 Å². The number of amides is 1. The Balaban J connectivity index is 2.30. The Labute approximate surface area is 72.1 Å². The summed E-state index contributed by atoms with van der Waals surface area (Å²) in [5, 5.41) is 12.1. The number of aliphatic hydroxyl groups is 1. The Kier molecular flexibility index (Phi) is 3.49. The largest absolute Gasteiger partial charge is 0.396 e. The molecule has 0 aromatic carbocycles. The minimum Gasteiger partial charge on any atom is -0.396 e. The van der Waals surface area contributed by atoms with Gasteiger partial charge in [0.25, 0.3) is 0 Å². The average molecular weight is 172 g/mol. The van der Waals surface area contributed by atoms with E-state index >= 15 is 0 Å². The van der Waals surface area contributed by atoms with E-state index in [1.165, 1.54) is 0 Å². The van der Waals surface area contributed by atoms with Gasteiger partial charge in [-0.1, -0.05) is 0 Å². The maximum absolute atomic E-state index is 10.8. The van der Waals surface area contributed by atoms with E-state index in [4.69, 9.17) is 10.8 Å². The Morgan fingerprint density at radius 2 is 2.50 bits per heavy atom. The second-order valence-corrected chi connectivity index (χ2v) is 3.31. The normalized spacial score (nSPS) is 25.6. The predicted octanol–water partition coefficient (Wildman–Crippen LogP) is -0.778. The Morgan fingerprint density at radius 1 is 1.75 bits per heavy atom. The zero-order valence-electron chi connectivity index (χ0n) is 7.12. The van der Waals surface area contributed by atoms with Crippen molar-refractivity contribution in [3.8, 4) is 0 Å². The molecule has 1 aliphatic heterocycles. The maximum Gasteiger partial charge on any atom is 0.222 e. The summed E-state index contributed by atoms with van der Waals surface area (Å²) < 4.78 is 0. The lowest BCUT2D eigenvalue weighted by molar-refractivity contribution is -0.123. The first-order valence-electron chi connectivity index (χ1n) is 4.37. The number of rotatable bonds is 4. The Bertz CT molecular complexity index is 155. The van der Waals surface area contributed by atoms with Crippen molar-refractivity contribution in [3.05, 3.63) is 0 Å². The van der Waals surface area contributed by atoms with Gasteiger partial charge in [-0.2, -0.15) is 0 Å². The summed E-state index contributed by atoms with van der Waals surface area (Å²) in [7, 11) is 0. The quantitative estimate of drug-likeness (QED) is 0.521. The van der Waals surface area contributed by atoms with E-state index in [9.17, 15) is 4.79 Å². The molecule has 0 saturated carbocycles. The second-order valence-electron chi connectivity index (χ2n) is 3.31. The lowest BCUT2D eigenvalue weighted by Crippen LogP contribution is -2.33. The van der Waals surface area contributed by atoms with Gasteiger partial charge in [-0.05, 0) is 25.8 Å². The number of aliphatic hydroxyl groups excluding tert-OH is 1. The maximum atomic E-state index is 10.8. The lowest BCUT2D eigenvalue weighted by atomic mass is 9.99. The number of nitrogens with two attached hydrogens (primary N) is 1. The standard InChI is InChI=1S/C8H16N2O2/c9-8(12)6(5-11)4-7-2-1-3-10-7/h6-7,10-11H,1-5H2,(H2,9,12). The lowest BCUT2D eigenvalue weighted by Gasteiger charge is -2.15. The molecule has 1 amide bonds. The fourth-order valence-electron chi connectivity index (χ4n) is 1.58. The first-order chi connectivity index (χ1) is 5.74. The third-order valence-electron chi connectivity index (χ3n) is 2.35. The zero-order valence-corrected chi connectivity index (χ0v) is 7.12. The molecule has 1 saturated heterocycles. The molecule has 1 aliphatic rings. The van der Waals surface area contributed by atoms with Crippen molar-refractivity contribution in [1.29, 1.82) is 0 Å². The van der Waals surface area contributed by atoms with Gasteiger partial charge in [0.15, 0.2) is 0 Å². The number of carbonyl (C=O) groups excluding carboxylic acids is 1. The molecule has 4 N–H and O–H groups in total. The molecule has 0 spiro atoms. The topological polar surface area (TPSA) is 75.4 Å². The number of hydrogen-bond acceptors (Lipinski definition) is 3. The van der Waals surface area contributed by atoms with Crippen LogP contribution in [0.15, 0.2) is 0 Å². The average Bonchev–Trinajstić information content (AvgIpc) is 2.51. The molecule has 0 radical (unpaired) electrons. The highest BCUT2D eigenvalue weighted by Gasteiger charge is 2.22. The fraction of sp³-hybridized carbons (Fsp3) is 0.875. The van der Waals surface area contributed by atoms with Crippen LogP contribution in [0.25, 0.3) is 0 Å². The van der Waals surface area contributed by atoms with E-state index in [1.54, 1.807) is 0 Å². The van der Waals surface area contributed by atoms with Crippen molar-refractivity contribution in [2.75, 3.05) is 13.2 Å². The molecule has 0 aliphatic carbocycles. The van der Waals surface area contributed by atoms with Crippen molar-refractivity contribution in [3.63, 3.8) is 0 Å². The monoisotopic (exact) mass is 172 g/mol. The van der Waals surface area contributed by atoms with Crippen LogP contribution < -0.4 is 11.1 Å². The minimum atomic E-state index is -0.397. The molecule has 4 heteroatoms. The molecule has 2 atom stereocenters. The summed E-state index contributed by atoms with van der Waals surface area (Å²) in [6.07, 6.45) is 2.91. The van der Waals surface area contributed by atoms with Gasteiger partial charge in [0.2, 0.25) is 5.91 Å². The number of carbonyl (C=O) groups is 1. The van der Waals surface area contributed by atoms with Gasteiger partial charge in [0, 0.05) is 6.04 Å². The summed E-state index contributed by atoms with van der Waals surface area (Å²) in [5.41, 5.74) is 5.10. The summed E-state index contributed by atoms with van der Waals surface area (Å²) >= 11 is 0. The van der Waals surface area contributed by atoms with Crippen molar-refractivity contribution < 1.29 is 9.90 Å². The zero-order chi connectivity index (χ0) is 8.97. The van der Waals surface area contributed by atoms with E-state index in [0.29, 0.717) is 12.5 Å². The van der Waals surface area contributed by atoms with Crippen LogP contribution >= 0.6 is 0 Å². The smallest absolute Gasteiger partial charge is 0.222 e. The molecular weight excluding hydrogens is 156 g/mol. The molecule has 2 unspecified atom stereocenters. The van der Waals surface area contributed by atoms with Gasteiger partial charge in [0.05, 0.1) is 12.5 Å². The number of nitrogens with one attached hydrogen (secondary N) is 1. The molecule has 1 fully saturated rings. The van der Waals surface area contributed by atoms with Gasteiger partial charge in [-0.25, -0.2) is 0 Å². The van der Waals surface area contributed by atoms with E-state index in [1.807, 2.05) is 0 Å². The van der Waals surface area contributed by atoms with Crippen LogP contribution in [0.2, 0.25) is 0 Å². The second kappa shape index (κ2) is 4.42. The van der Waals surface area contributed by atoms with Gasteiger partial charge >= 0.3 is 0 Å². The van der Waals surface area contributed by atoms with Crippen molar-refractivity contribution >= 4 is 5.91 Å². The summed E-state index contributed by atoms with van der Waals surface area (Å²) in [6.45, 7) is 0.884. The van der Waals surface area contributed by atoms with Crippen LogP contribution in [-0.4, -0.2) is 30.2 Å². The van der Waals surface area contributed by atoms with Gasteiger partial charge in [-0.15, -0.1) is 0 Å². The van der Waals surface area contributed by atoms with Crippen LogP contribution in [0.1, 0.15) is 19.3 Å². The molecule has 0 aromatic rings. The summed E-state index contributed by atoms with van der Waals surface area (Å²) in [6, 6.07) is 0.370. The van der Waals surface area contributed by atoms with E-state index in [-0.39, 0.29) is 12.5 Å². The van der Waals surface area contributed by atoms with Crippen LogP contribution in [-0.2, 0) is 4.79 Å². The van der Waals surface area contributed by atoms with Crippen molar-refractivity contribution in [2.24, 2.45) is 11.7 Å². The summed E-state index contributed by atoms with van der Waals surface area (Å²) in [4.78, 5) is 10.8. The SMILES string of the molecule is NC(=O)C(CO)CC1CCCN1. The first-order valence-corrected chi connectivity index (χ1v) is 4.37. The summed E-state index contributed by atoms with van der Waals surface area (Å²) in [5.74, 6) is -0.771. The third-order valence-corrected chi connectivity index (χ3v) is 2.35. The van der Waals surface area contributed by atoms with E-state index in [2.05, 4.69) is 5.32 Å². The first kappa shape index (κ1) is 9.48. The highest BCUT2D eigenvalue weighted by atomic mass is 16.3.